The van der Waals surface area contributed by atoms with E-state index in [2.05, 4.69) is 4.90 Å². The number of hydrogen-bond donors (Lipinski definition) is 0. The summed E-state index contributed by atoms with van der Waals surface area (Å²) in [5.41, 5.74) is 2.86. The third-order valence-electron chi connectivity index (χ3n) is 5.60. The van der Waals surface area contributed by atoms with E-state index < -0.39 is 0 Å². The molecular formula is C18H26N4O4. The smallest absolute Gasteiger partial charge is 0.248 e. The van der Waals surface area contributed by atoms with Gasteiger partial charge in [0.1, 0.15) is 6.61 Å². The van der Waals surface area contributed by atoms with Gasteiger partial charge in [0.15, 0.2) is 0 Å². The van der Waals surface area contributed by atoms with Gasteiger partial charge in [0.25, 0.3) is 0 Å². The van der Waals surface area contributed by atoms with Gasteiger partial charge < -0.3 is 24.0 Å². The number of hydrogen-bond acceptors (Lipinski definition) is 7. The van der Waals surface area contributed by atoms with E-state index in [9.17, 15) is 4.79 Å². The number of likely N-dealkylation sites (tertiary alicyclic amines) is 1. The first-order valence-electron chi connectivity index (χ1n) is 9.18. The number of nitrogens with zero attached hydrogens (tertiary/aromatic N) is 4. The molecule has 1 unspecified atom stereocenters. The van der Waals surface area contributed by atoms with Crippen molar-refractivity contribution in [2.75, 3.05) is 64.6 Å². The maximum atomic E-state index is 12.3. The predicted octanol–water partition coefficient (Wildman–Crippen LogP) is 0.268. The van der Waals surface area contributed by atoms with Gasteiger partial charge in [0.2, 0.25) is 11.9 Å². The molecule has 3 aliphatic rings. The Labute approximate surface area is 153 Å². The number of amides is 1. The number of aryl methyl sites for hydroxylation is 1. The molecule has 1 aromatic rings. The predicted molar refractivity (Wildman–Crippen MR) is 94.2 cm³/mol. The Morgan fingerprint density at radius 3 is 2.81 bits per heavy atom. The van der Waals surface area contributed by atoms with Crippen LogP contribution in [0.1, 0.15) is 23.4 Å². The third kappa shape index (κ3) is 3.06. The van der Waals surface area contributed by atoms with Crippen molar-refractivity contribution in [3.8, 4) is 0 Å². The molecule has 8 heteroatoms. The normalized spacial score (nSPS) is 25.6. The van der Waals surface area contributed by atoms with Crippen LogP contribution >= 0.6 is 0 Å². The van der Waals surface area contributed by atoms with Crippen LogP contribution in [0.5, 0.6) is 0 Å². The molecule has 1 amide bonds. The minimum Gasteiger partial charge on any atom is -0.378 e. The molecule has 142 valence electrons. The van der Waals surface area contributed by atoms with Gasteiger partial charge in [-0.3, -0.25) is 4.79 Å². The molecule has 3 aliphatic heterocycles. The molecular weight excluding hydrogens is 336 g/mol. The van der Waals surface area contributed by atoms with Crippen molar-refractivity contribution in [3.05, 3.63) is 17.0 Å². The Hall–Kier alpha value is -1.77. The van der Waals surface area contributed by atoms with E-state index in [1.165, 1.54) is 0 Å². The molecule has 8 nitrogen and oxygen atoms in total. The molecule has 0 N–H and O–H groups in total. The fourth-order valence-electron chi connectivity index (χ4n) is 4.13. The summed E-state index contributed by atoms with van der Waals surface area (Å²) in [4.78, 5) is 26.0. The zero-order valence-electron chi connectivity index (χ0n) is 15.5. The van der Waals surface area contributed by atoms with Crippen LogP contribution in [0.4, 0.5) is 5.95 Å². The van der Waals surface area contributed by atoms with E-state index >= 15 is 0 Å². The molecule has 4 heterocycles. The zero-order chi connectivity index (χ0) is 18.1. The number of carbonyl (C=O) groups excluding carboxylic acids is 1. The maximum Gasteiger partial charge on any atom is 0.248 e. The quantitative estimate of drug-likeness (QED) is 0.764. The number of anilines is 1. The minimum atomic E-state index is -0.244. The van der Waals surface area contributed by atoms with Crippen molar-refractivity contribution < 1.29 is 19.0 Å². The number of fused-ring (bicyclic) bond motifs is 2. The van der Waals surface area contributed by atoms with Crippen LogP contribution in [0.3, 0.4) is 0 Å². The van der Waals surface area contributed by atoms with Crippen molar-refractivity contribution in [1.82, 2.24) is 14.9 Å². The first-order chi connectivity index (χ1) is 12.6. The summed E-state index contributed by atoms with van der Waals surface area (Å²) in [5, 5.41) is 0. The van der Waals surface area contributed by atoms with Crippen LogP contribution < -0.4 is 4.90 Å². The Kier molecular flexibility index (Phi) is 4.81. The molecule has 1 spiro atoms. The Balaban J connectivity index is 1.66. The van der Waals surface area contributed by atoms with Gasteiger partial charge in [0, 0.05) is 44.5 Å². The first kappa shape index (κ1) is 17.6. The number of aromatic nitrogens is 2. The number of carbonyl (C=O) groups is 1. The van der Waals surface area contributed by atoms with E-state index in [0.29, 0.717) is 39.5 Å². The highest BCUT2D eigenvalue weighted by Crippen LogP contribution is 2.40. The zero-order valence-corrected chi connectivity index (χ0v) is 15.5. The lowest BCUT2D eigenvalue weighted by Gasteiger charge is -2.36. The van der Waals surface area contributed by atoms with Crippen LogP contribution in [0.15, 0.2) is 0 Å². The largest absolute Gasteiger partial charge is 0.378 e. The van der Waals surface area contributed by atoms with E-state index in [4.69, 9.17) is 24.2 Å². The van der Waals surface area contributed by atoms with Crippen LogP contribution in [-0.2, 0) is 31.0 Å². The third-order valence-corrected chi connectivity index (χ3v) is 5.60. The topological polar surface area (TPSA) is 77.0 Å². The van der Waals surface area contributed by atoms with Crippen molar-refractivity contribution in [2.45, 2.75) is 25.4 Å². The van der Waals surface area contributed by atoms with Gasteiger partial charge in [-0.1, -0.05) is 0 Å². The summed E-state index contributed by atoms with van der Waals surface area (Å²) in [7, 11) is 1.55. The lowest BCUT2D eigenvalue weighted by atomic mass is 9.80. The molecule has 0 saturated carbocycles. The van der Waals surface area contributed by atoms with E-state index in [0.717, 1.165) is 42.4 Å². The first-order valence-corrected chi connectivity index (χ1v) is 9.18. The lowest BCUT2D eigenvalue weighted by Crippen LogP contribution is -2.44. The number of ether oxygens (including phenoxy) is 3. The highest BCUT2D eigenvalue weighted by atomic mass is 16.5. The Bertz CT molecular complexity index is 692. The van der Waals surface area contributed by atoms with Gasteiger partial charge in [-0.05, 0) is 13.3 Å². The molecule has 1 atom stereocenters. The summed E-state index contributed by atoms with van der Waals surface area (Å²) in [6.07, 6.45) is 0.856. The summed E-state index contributed by atoms with van der Waals surface area (Å²) < 4.78 is 16.4. The van der Waals surface area contributed by atoms with E-state index in [1.54, 1.807) is 7.11 Å². The highest BCUT2D eigenvalue weighted by Gasteiger charge is 2.46. The summed E-state index contributed by atoms with van der Waals surface area (Å²) in [6.45, 7) is 7.62. The van der Waals surface area contributed by atoms with Gasteiger partial charge in [-0.15, -0.1) is 0 Å². The average Bonchev–Trinajstić information content (AvgIpc) is 3.08. The minimum absolute atomic E-state index is 0.0238. The van der Waals surface area contributed by atoms with Gasteiger partial charge >= 0.3 is 0 Å². The van der Waals surface area contributed by atoms with Crippen molar-refractivity contribution in [2.24, 2.45) is 0 Å². The second-order valence-electron chi connectivity index (χ2n) is 7.31. The van der Waals surface area contributed by atoms with E-state index in [-0.39, 0.29) is 17.9 Å². The van der Waals surface area contributed by atoms with Crippen LogP contribution in [-0.4, -0.2) is 80.5 Å². The molecule has 2 saturated heterocycles. The van der Waals surface area contributed by atoms with Gasteiger partial charge in [0.05, 0.1) is 37.5 Å². The second kappa shape index (κ2) is 7.09. The van der Waals surface area contributed by atoms with Crippen LogP contribution in [0.25, 0.3) is 0 Å². The molecule has 1 aromatic heterocycles. The van der Waals surface area contributed by atoms with Gasteiger partial charge in [-0.25, -0.2) is 9.97 Å². The average molecular weight is 362 g/mol. The van der Waals surface area contributed by atoms with Crippen LogP contribution in [0.2, 0.25) is 0 Å². The van der Waals surface area contributed by atoms with Crippen LogP contribution in [0, 0.1) is 6.92 Å². The molecule has 0 bridgehead atoms. The van der Waals surface area contributed by atoms with Gasteiger partial charge in [-0.2, -0.15) is 0 Å². The number of methoxy groups -OCH3 is 1. The molecule has 0 aromatic carbocycles. The maximum absolute atomic E-state index is 12.3. The molecule has 0 aliphatic carbocycles. The summed E-state index contributed by atoms with van der Waals surface area (Å²) in [5.74, 6) is 0.795. The molecule has 4 rings (SSSR count). The summed E-state index contributed by atoms with van der Waals surface area (Å²) >= 11 is 0. The summed E-state index contributed by atoms with van der Waals surface area (Å²) in [6, 6.07) is 0. The molecule has 26 heavy (non-hydrogen) atoms. The standard InChI is InChI=1S/C18H26N4O4/c1-13-14-9-26-12-18(3-4-22(11-18)15(23)10-24-2)16(14)20-17(19-13)21-5-7-25-8-6-21/h3-12H2,1-2H3. The number of morpholine rings is 1. The SMILES string of the molecule is COCC(=O)N1CCC2(COCc3c(C)nc(N4CCOCC4)nc32)C1. The number of rotatable bonds is 3. The highest BCUT2D eigenvalue weighted by molar-refractivity contribution is 5.78. The fourth-order valence-corrected chi connectivity index (χ4v) is 4.13. The Morgan fingerprint density at radius 2 is 2.04 bits per heavy atom. The fraction of sp³-hybridized carbons (Fsp3) is 0.722. The lowest BCUT2D eigenvalue weighted by molar-refractivity contribution is -0.134. The molecule has 2 fully saturated rings. The Morgan fingerprint density at radius 1 is 1.23 bits per heavy atom. The monoisotopic (exact) mass is 362 g/mol. The van der Waals surface area contributed by atoms with Crippen molar-refractivity contribution in [3.63, 3.8) is 0 Å². The molecule has 0 radical (unpaired) electrons. The van der Waals surface area contributed by atoms with E-state index in [1.807, 2.05) is 11.8 Å². The second-order valence-corrected chi connectivity index (χ2v) is 7.31. The van der Waals surface area contributed by atoms with Crippen molar-refractivity contribution in [1.29, 1.82) is 0 Å². The van der Waals surface area contributed by atoms with Crippen molar-refractivity contribution >= 4 is 11.9 Å².